The van der Waals surface area contributed by atoms with Crippen LogP contribution in [0, 0.1) is 0 Å². The molecule has 2 aromatic rings. The minimum absolute atomic E-state index is 0.328. The lowest BCUT2D eigenvalue weighted by Gasteiger charge is -1.99. The molecule has 0 amide bonds. The predicted octanol–water partition coefficient (Wildman–Crippen LogP) is 1.49. The Morgan fingerprint density at radius 3 is 2.90 bits per heavy atom. The van der Waals surface area contributed by atoms with Crippen molar-refractivity contribution in [2.75, 3.05) is 5.32 Å². The molecule has 0 aliphatic heterocycles. The van der Waals surface area contributed by atoms with Gasteiger partial charge in [0.2, 0.25) is 0 Å². The summed E-state index contributed by atoms with van der Waals surface area (Å²) in [4.78, 5) is 21.9. The summed E-state index contributed by atoms with van der Waals surface area (Å²) >= 11 is 0. The summed E-state index contributed by atoms with van der Waals surface area (Å²) in [5.74, 6) is -0.609. The van der Waals surface area contributed by atoms with Gasteiger partial charge < -0.3 is 14.8 Å². The van der Waals surface area contributed by atoms with Gasteiger partial charge in [0.05, 0.1) is 12.8 Å². The molecule has 2 heterocycles. The molecule has 2 aromatic heterocycles. The van der Waals surface area contributed by atoms with E-state index in [2.05, 4.69) is 10.4 Å². The maximum absolute atomic E-state index is 11.1. The molecule has 0 saturated heterocycles. The number of carbonyl (C=O) groups excluding carboxylic acids is 1. The van der Waals surface area contributed by atoms with Crippen molar-refractivity contribution in [1.29, 1.82) is 0 Å². The van der Waals surface area contributed by atoms with Crippen LogP contribution in [0.2, 0.25) is 0 Å². The van der Waals surface area contributed by atoms with E-state index >= 15 is 0 Å². The molecule has 0 aromatic carbocycles. The Balaban J connectivity index is 2.04. The number of nitrogens with zero attached hydrogens (tertiary/aromatic N) is 2. The van der Waals surface area contributed by atoms with E-state index in [1.807, 2.05) is 6.07 Å². The second kappa shape index (κ2) is 5.87. The van der Waals surface area contributed by atoms with Crippen LogP contribution in [-0.2, 0) is 16.1 Å². The molecule has 0 saturated carbocycles. The highest BCUT2D eigenvalue weighted by Crippen LogP contribution is 2.08. The molecule has 0 unspecified atom stereocenters. The summed E-state index contributed by atoms with van der Waals surface area (Å²) in [6, 6.07) is 5.28. The van der Waals surface area contributed by atoms with Gasteiger partial charge in [-0.2, -0.15) is 5.10 Å². The van der Waals surface area contributed by atoms with Gasteiger partial charge in [0.25, 0.3) is 0 Å². The van der Waals surface area contributed by atoms with Gasteiger partial charge in [0, 0.05) is 18.5 Å². The Morgan fingerprint density at radius 1 is 1.50 bits per heavy atom. The zero-order valence-corrected chi connectivity index (χ0v) is 10.7. The number of ketones is 1. The van der Waals surface area contributed by atoms with E-state index in [9.17, 15) is 9.59 Å². The van der Waals surface area contributed by atoms with Gasteiger partial charge in [-0.05, 0) is 19.1 Å². The zero-order valence-electron chi connectivity index (χ0n) is 10.7. The second-order valence-corrected chi connectivity index (χ2v) is 4.04. The number of hydrogen-bond donors (Lipinski definition) is 2. The first-order chi connectivity index (χ1) is 9.56. The maximum Gasteiger partial charge on any atom is 0.340 e. The third-order valence-corrected chi connectivity index (χ3v) is 2.51. The van der Waals surface area contributed by atoms with Crippen molar-refractivity contribution in [2.24, 2.45) is 0 Å². The number of furan rings is 1. The molecule has 0 aliphatic carbocycles. The van der Waals surface area contributed by atoms with Crippen molar-refractivity contribution in [2.45, 2.75) is 13.5 Å². The molecular formula is C13H13N3O4. The van der Waals surface area contributed by atoms with E-state index in [0.717, 1.165) is 12.0 Å². The molecule has 0 fully saturated rings. The van der Waals surface area contributed by atoms with E-state index in [0.29, 0.717) is 12.4 Å². The largest absolute Gasteiger partial charge is 0.478 e. The fourth-order valence-corrected chi connectivity index (χ4v) is 1.55. The quantitative estimate of drug-likeness (QED) is 0.471. The van der Waals surface area contributed by atoms with Gasteiger partial charge in [0.15, 0.2) is 11.6 Å². The van der Waals surface area contributed by atoms with Crippen molar-refractivity contribution in [1.82, 2.24) is 9.78 Å². The standard InChI is InChI=1S/C13H13N3O4/c1-9(17)11(13(18)19)7-14-12-4-5-16(15-12)8-10-3-2-6-20-10/h2-7H,8H2,1H3,(H,14,15)(H,18,19)/b11-7-. The van der Waals surface area contributed by atoms with Crippen molar-refractivity contribution in [3.05, 3.63) is 48.2 Å². The average Bonchev–Trinajstić information content (AvgIpc) is 3.01. The van der Waals surface area contributed by atoms with Crippen LogP contribution in [0.1, 0.15) is 12.7 Å². The minimum Gasteiger partial charge on any atom is -0.478 e. The average molecular weight is 275 g/mol. The number of aliphatic carboxylic acids is 1. The third-order valence-electron chi connectivity index (χ3n) is 2.51. The molecule has 104 valence electrons. The van der Waals surface area contributed by atoms with E-state index in [-0.39, 0.29) is 5.57 Å². The lowest BCUT2D eigenvalue weighted by molar-refractivity contribution is -0.134. The number of carboxylic acids is 1. The number of carbonyl (C=O) groups is 2. The Hall–Kier alpha value is -2.83. The summed E-state index contributed by atoms with van der Waals surface area (Å²) in [6.07, 6.45) is 4.42. The van der Waals surface area contributed by atoms with Crippen LogP contribution >= 0.6 is 0 Å². The van der Waals surface area contributed by atoms with Crippen molar-refractivity contribution in [3.8, 4) is 0 Å². The van der Waals surface area contributed by atoms with Gasteiger partial charge in [-0.3, -0.25) is 9.48 Å². The summed E-state index contributed by atoms with van der Waals surface area (Å²) < 4.78 is 6.82. The second-order valence-electron chi connectivity index (χ2n) is 4.04. The van der Waals surface area contributed by atoms with E-state index in [1.54, 1.807) is 29.3 Å². The van der Waals surface area contributed by atoms with E-state index in [1.165, 1.54) is 6.92 Å². The highest BCUT2D eigenvalue weighted by atomic mass is 16.4. The first-order valence-corrected chi connectivity index (χ1v) is 5.83. The van der Waals surface area contributed by atoms with Crippen molar-refractivity contribution < 1.29 is 19.1 Å². The number of anilines is 1. The highest BCUT2D eigenvalue weighted by molar-refractivity contribution is 6.15. The monoisotopic (exact) mass is 275 g/mol. The summed E-state index contributed by atoms with van der Waals surface area (Å²) in [7, 11) is 0. The summed E-state index contributed by atoms with van der Waals surface area (Å²) in [5.41, 5.74) is -0.328. The number of carboxylic acid groups (broad SMARTS) is 1. The normalized spacial score (nSPS) is 11.3. The fourth-order valence-electron chi connectivity index (χ4n) is 1.55. The number of hydrogen-bond acceptors (Lipinski definition) is 5. The lowest BCUT2D eigenvalue weighted by atomic mass is 10.2. The molecule has 0 bridgehead atoms. The fraction of sp³-hybridized carbons (Fsp3) is 0.154. The van der Waals surface area contributed by atoms with Crippen molar-refractivity contribution >= 4 is 17.6 Å². The molecule has 0 atom stereocenters. The van der Waals surface area contributed by atoms with Gasteiger partial charge in [0.1, 0.15) is 11.3 Å². The lowest BCUT2D eigenvalue weighted by Crippen LogP contribution is -2.11. The van der Waals surface area contributed by atoms with Crippen LogP contribution in [0.5, 0.6) is 0 Å². The minimum atomic E-state index is -1.28. The third kappa shape index (κ3) is 3.35. The number of nitrogens with one attached hydrogen (secondary N) is 1. The molecule has 2 rings (SSSR count). The topological polar surface area (TPSA) is 97.4 Å². The first-order valence-electron chi connectivity index (χ1n) is 5.83. The highest BCUT2D eigenvalue weighted by Gasteiger charge is 2.12. The van der Waals surface area contributed by atoms with Crippen LogP contribution in [0.4, 0.5) is 5.82 Å². The summed E-state index contributed by atoms with van der Waals surface area (Å²) in [6.45, 7) is 1.66. The Kier molecular flexibility index (Phi) is 3.99. The van der Waals surface area contributed by atoms with Gasteiger partial charge in [-0.1, -0.05) is 0 Å². The van der Waals surface area contributed by atoms with Crippen LogP contribution in [0.25, 0.3) is 0 Å². The number of Topliss-reactive ketones (excluding diaryl/α,β-unsaturated/α-hetero) is 1. The number of aromatic nitrogens is 2. The molecule has 0 spiro atoms. The SMILES string of the molecule is CC(=O)/C(=C/Nc1ccn(Cc2ccco2)n1)C(=O)O. The molecule has 0 aliphatic rings. The number of rotatable bonds is 6. The van der Waals surface area contributed by atoms with Crippen LogP contribution < -0.4 is 5.32 Å². The van der Waals surface area contributed by atoms with Crippen LogP contribution in [0.3, 0.4) is 0 Å². The molecule has 7 nitrogen and oxygen atoms in total. The maximum atomic E-state index is 11.1. The van der Waals surface area contributed by atoms with Gasteiger partial charge in [-0.15, -0.1) is 0 Å². The van der Waals surface area contributed by atoms with Gasteiger partial charge >= 0.3 is 5.97 Å². The van der Waals surface area contributed by atoms with Gasteiger partial charge in [-0.25, -0.2) is 4.79 Å². The summed E-state index contributed by atoms with van der Waals surface area (Å²) in [5, 5.41) is 15.7. The Bertz CT molecular complexity index is 624. The van der Waals surface area contributed by atoms with E-state index in [4.69, 9.17) is 9.52 Å². The molecule has 2 N–H and O–H groups in total. The van der Waals surface area contributed by atoms with Crippen LogP contribution in [0.15, 0.2) is 46.8 Å². The van der Waals surface area contributed by atoms with Crippen molar-refractivity contribution in [3.63, 3.8) is 0 Å². The Morgan fingerprint density at radius 2 is 2.30 bits per heavy atom. The zero-order chi connectivity index (χ0) is 14.5. The molecule has 7 heteroatoms. The Labute approximate surface area is 114 Å². The smallest absolute Gasteiger partial charge is 0.340 e. The predicted molar refractivity (Wildman–Crippen MR) is 70.1 cm³/mol. The first kappa shape index (κ1) is 13.6. The molecule has 20 heavy (non-hydrogen) atoms. The van der Waals surface area contributed by atoms with E-state index < -0.39 is 11.8 Å². The molecular weight excluding hydrogens is 262 g/mol. The molecule has 0 radical (unpaired) electrons. The van der Waals surface area contributed by atoms with Crippen LogP contribution in [-0.4, -0.2) is 26.6 Å².